The maximum Gasteiger partial charge on any atom is 0.137 e. The molecule has 0 aliphatic carbocycles. The third kappa shape index (κ3) is 4.04. The molecule has 5 aromatic rings. The van der Waals surface area contributed by atoms with Crippen LogP contribution in [0.4, 0.5) is 0 Å². The number of fused-ring (bicyclic) bond motifs is 1. The fraction of sp³-hybridized carbons (Fsp3) is 0.0870. The summed E-state index contributed by atoms with van der Waals surface area (Å²) in [7, 11) is 0. The second kappa shape index (κ2) is 8.35. The van der Waals surface area contributed by atoms with Gasteiger partial charge in [-0.1, -0.05) is 64.3 Å². The van der Waals surface area contributed by atoms with Gasteiger partial charge >= 0.3 is 0 Å². The van der Waals surface area contributed by atoms with E-state index >= 15 is 0 Å². The summed E-state index contributed by atoms with van der Waals surface area (Å²) >= 11 is 18.2. The molecule has 154 valence electrons. The van der Waals surface area contributed by atoms with Gasteiger partial charge < -0.3 is 0 Å². The topological polar surface area (TPSA) is 48.0 Å². The summed E-state index contributed by atoms with van der Waals surface area (Å²) in [6.45, 7) is 0.665. The first-order valence-electron chi connectivity index (χ1n) is 9.66. The number of rotatable bonds is 5. The molecule has 3 aromatic heterocycles. The van der Waals surface area contributed by atoms with E-state index in [9.17, 15) is 0 Å². The van der Waals surface area contributed by atoms with Crippen LogP contribution in [0.2, 0.25) is 15.1 Å². The van der Waals surface area contributed by atoms with E-state index in [1.54, 1.807) is 0 Å². The maximum absolute atomic E-state index is 6.12. The van der Waals surface area contributed by atoms with Gasteiger partial charge in [0.2, 0.25) is 0 Å². The van der Waals surface area contributed by atoms with Crippen LogP contribution in [0.5, 0.6) is 0 Å². The van der Waals surface area contributed by atoms with Crippen LogP contribution < -0.4 is 0 Å². The highest BCUT2D eigenvalue weighted by Crippen LogP contribution is 2.32. The molecule has 0 radical (unpaired) electrons. The zero-order chi connectivity index (χ0) is 21.4. The van der Waals surface area contributed by atoms with Crippen molar-refractivity contribution in [3.8, 4) is 22.6 Å². The van der Waals surface area contributed by atoms with Gasteiger partial charge in [0, 0.05) is 23.3 Å². The van der Waals surface area contributed by atoms with Gasteiger partial charge in [0.1, 0.15) is 17.0 Å². The number of hydrogen-bond acceptors (Lipinski definition) is 3. The van der Waals surface area contributed by atoms with Crippen molar-refractivity contribution in [2.75, 3.05) is 0 Å². The summed E-state index contributed by atoms with van der Waals surface area (Å²) in [6.07, 6.45) is 4.68. The summed E-state index contributed by atoms with van der Waals surface area (Å²) in [5.41, 5.74) is 5.36. The van der Waals surface area contributed by atoms with Crippen molar-refractivity contribution in [3.05, 3.63) is 93.7 Å². The summed E-state index contributed by atoms with van der Waals surface area (Å²) in [6, 6.07) is 19.2. The van der Waals surface area contributed by atoms with Crippen LogP contribution in [-0.4, -0.2) is 24.4 Å². The molecule has 0 spiro atoms. The Morgan fingerprint density at radius 2 is 1.71 bits per heavy atom. The van der Waals surface area contributed by atoms with E-state index in [1.807, 2.05) is 82.1 Å². The van der Waals surface area contributed by atoms with Gasteiger partial charge in [-0.05, 0) is 48.4 Å². The fourth-order valence-corrected chi connectivity index (χ4v) is 3.95. The van der Waals surface area contributed by atoms with Gasteiger partial charge in [0.15, 0.2) is 0 Å². The van der Waals surface area contributed by atoms with E-state index in [1.165, 1.54) is 0 Å². The van der Waals surface area contributed by atoms with E-state index < -0.39 is 0 Å². The Morgan fingerprint density at radius 1 is 0.871 bits per heavy atom. The average molecular weight is 469 g/mol. The average Bonchev–Trinajstić information content (AvgIpc) is 3.39. The molecule has 5 nitrogen and oxygen atoms in total. The minimum absolute atomic E-state index is 0.552. The number of nitrogens with zero attached hydrogens (tertiary/aromatic N) is 5. The van der Waals surface area contributed by atoms with Gasteiger partial charge in [-0.2, -0.15) is 0 Å². The van der Waals surface area contributed by atoms with Crippen LogP contribution in [0, 0.1) is 0 Å². The summed E-state index contributed by atoms with van der Waals surface area (Å²) < 4.78 is 3.85. The van der Waals surface area contributed by atoms with E-state index in [0.29, 0.717) is 21.6 Å². The normalized spacial score (nSPS) is 11.3. The fourth-order valence-electron chi connectivity index (χ4n) is 3.50. The standard InChI is InChI=1S/C23H16Cl3N5/c24-17-7-5-16(6-8-17)22-23(31-11-2-1-3-21(31)27-22)20-14-30(29-28-20)12-10-15-4-9-18(25)19(26)13-15/h1-9,11,13-14H,10,12H2. The van der Waals surface area contributed by atoms with Crippen molar-refractivity contribution in [2.45, 2.75) is 13.0 Å². The number of benzene rings is 2. The van der Waals surface area contributed by atoms with Gasteiger partial charge in [-0.3, -0.25) is 9.08 Å². The maximum atomic E-state index is 6.12. The third-order valence-electron chi connectivity index (χ3n) is 5.04. The molecule has 0 aliphatic rings. The summed E-state index contributed by atoms with van der Waals surface area (Å²) in [4.78, 5) is 4.83. The lowest BCUT2D eigenvalue weighted by Crippen LogP contribution is -2.02. The molecular formula is C23H16Cl3N5. The van der Waals surface area contributed by atoms with Crippen molar-refractivity contribution in [1.82, 2.24) is 24.4 Å². The predicted molar refractivity (Wildman–Crippen MR) is 125 cm³/mol. The third-order valence-corrected chi connectivity index (χ3v) is 6.03. The Morgan fingerprint density at radius 3 is 2.52 bits per heavy atom. The smallest absolute Gasteiger partial charge is 0.137 e. The summed E-state index contributed by atoms with van der Waals surface area (Å²) in [5, 5.41) is 10.6. The quantitative estimate of drug-likeness (QED) is 0.297. The Kier molecular flexibility index (Phi) is 5.40. The van der Waals surface area contributed by atoms with Crippen LogP contribution in [0.15, 0.2) is 73.1 Å². The molecule has 0 amide bonds. The van der Waals surface area contributed by atoms with Crippen LogP contribution >= 0.6 is 34.8 Å². The lowest BCUT2D eigenvalue weighted by molar-refractivity contribution is 0.589. The zero-order valence-corrected chi connectivity index (χ0v) is 18.5. The molecule has 5 rings (SSSR count). The van der Waals surface area contributed by atoms with Crippen molar-refractivity contribution < 1.29 is 0 Å². The highest BCUT2D eigenvalue weighted by Gasteiger charge is 2.18. The lowest BCUT2D eigenvalue weighted by atomic mass is 10.1. The largest absolute Gasteiger partial charge is 0.298 e. The monoisotopic (exact) mass is 467 g/mol. The van der Waals surface area contributed by atoms with Crippen molar-refractivity contribution in [2.24, 2.45) is 0 Å². The first-order chi connectivity index (χ1) is 15.1. The van der Waals surface area contributed by atoms with Crippen molar-refractivity contribution >= 4 is 40.4 Å². The molecule has 0 atom stereocenters. The first-order valence-corrected chi connectivity index (χ1v) is 10.8. The van der Waals surface area contributed by atoms with E-state index in [4.69, 9.17) is 39.8 Å². The first kappa shape index (κ1) is 20.1. The molecule has 2 aromatic carbocycles. The van der Waals surface area contributed by atoms with Crippen LogP contribution in [0.3, 0.4) is 0 Å². The molecule has 8 heteroatoms. The molecule has 0 fully saturated rings. The molecule has 0 unspecified atom stereocenters. The second-order valence-corrected chi connectivity index (χ2v) is 8.36. The number of aryl methyl sites for hydroxylation is 2. The number of halogens is 3. The highest BCUT2D eigenvalue weighted by atomic mass is 35.5. The number of pyridine rings is 1. The van der Waals surface area contributed by atoms with E-state index in [0.717, 1.165) is 40.3 Å². The van der Waals surface area contributed by atoms with Gasteiger partial charge in [-0.15, -0.1) is 5.10 Å². The Bertz CT molecular complexity index is 1370. The van der Waals surface area contributed by atoms with Crippen LogP contribution in [0.1, 0.15) is 5.56 Å². The molecule has 0 saturated carbocycles. The molecular weight excluding hydrogens is 453 g/mol. The van der Waals surface area contributed by atoms with Gasteiger partial charge in [-0.25, -0.2) is 4.98 Å². The highest BCUT2D eigenvalue weighted by molar-refractivity contribution is 6.42. The minimum Gasteiger partial charge on any atom is -0.298 e. The molecule has 3 heterocycles. The summed E-state index contributed by atoms with van der Waals surface area (Å²) in [5.74, 6) is 0. The van der Waals surface area contributed by atoms with Crippen molar-refractivity contribution in [3.63, 3.8) is 0 Å². The lowest BCUT2D eigenvalue weighted by Gasteiger charge is -2.04. The number of imidazole rings is 1. The SMILES string of the molecule is Clc1ccc(-c2nc3ccccn3c2-c2cn(CCc3ccc(Cl)c(Cl)c3)nn2)cc1. The van der Waals surface area contributed by atoms with E-state index in [-0.39, 0.29) is 0 Å². The minimum atomic E-state index is 0.552. The van der Waals surface area contributed by atoms with Gasteiger partial charge in [0.05, 0.1) is 21.9 Å². The molecule has 0 saturated heterocycles. The van der Waals surface area contributed by atoms with Crippen LogP contribution in [-0.2, 0) is 13.0 Å². The van der Waals surface area contributed by atoms with Gasteiger partial charge in [0.25, 0.3) is 0 Å². The number of hydrogen-bond donors (Lipinski definition) is 0. The number of aromatic nitrogens is 5. The predicted octanol–water partition coefficient (Wildman–Crippen LogP) is 6.46. The molecule has 0 bridgehead atoms. The molecule has 0 N–H and O–H groups in total. The van der Waals surface area contributed by atoms with Crippen LogP contribution in [0.25, 0.3) is 28.3 Å². The Labute approximate surface area is 193 Å². The Balaban J connectivity index is 1.49. The van der Waals surface area contributed by atoms with E-state index in [2.05, 4.69) is 10.3 Å². The second-order valence-electron chi connectivity index (χ2n) is 7.11. The molecule has 31 heavy (non-hydrogen) atoms. The molecule has 0 aliphatic heterocycles. The van der Waals surface area contributed by atoms with Crippen molar-refractivity contribution in [1.29, 1.82) is 0 Å². The zero-order valence-electron chi connectivity index (χ0n) is 16.2. The Hall–Kier alpha value is -2.86.